The summed E-state index contributed by atoms with van der Waals surface area (Å²) < 4.78 is 33.4. The molecule has 1 aliphatic rings. The maximum Gasteiger partial charge on any atom is 0.353 e. The first kappa shape index (κ1) is 12.6. The molecule has 0 saturated carbocycles. The van der Waals surface area contributed by atoms with Crippen LogP contribution in [0.25, 0.3) is 5.57 Å². The van der Waals surface area contributed by atoms with E-state index in [1.54, 1.807) is 32.0 Å². The van der Waals surface area contributed by atoms with Crippen molar-refractivity contribution in [2.75, 3.05) is 6.61 Å². The van der Waals surface area contributed by atoms with Crippen molar-refractivity contribution in [3.63, 3.8) is 0 Å². The second-order valence-electron chi connectivity index (χ2n) is 3.71. The number of para-hydroxylation sites is 1. The van der Waals surface area contributed by atoms with Gasteiger partial charge in [-0.05, 0) is 25.5 Å². The largest absolute Gasteiger partial charge is 0.462 e. The molecule has 0 amide bonds. The van der Waals surface area contributed by atoms with E-state index >= 15 is 0 Å². The number of hydrogen-bond acceptors (Lipinski definition) is 5. The minimum absolute atomic E-state index is 0.104. The number of esters is 1. The molecule has 6 heteroatoms. The molecule has 0 saturated heterocycles. The Hall–Kier alpha value is -1.82. The van der Waals surface area contributed by atoms with Gasteiger partial charge in [0, 0.05) is 5.56 Å². The summed E-state index contributed by atoms with van der Waals surface area (Å²) >= 11 is 0. The van der Waals surface area contributed by atoms with Crippen molar-refractivity contribution >= 4 is 21.7 Å². The van der Waals surface area contributed by atoms with Crippen LogP contribution in [0.2, 0.25) is 0 Å². The van der Waals surface area contributed by atoms with Crippen LogP contribution in [-0.2, 0) is 19.6 Å². The molecule has 96 valence electrons. The van der Waals surface area contributed by atoms with E-state index in [0.29, 0.717) is 11.1 Å². The molecular weight excluding hydrogens is 256 g/mol. The summed E-state index contributed by atoms with van der Waals surface area (Å²) in [4.78, 5) is 11.3. The van der Waals surface area contributed by atoms with E-state index in [2.05, 4.69) is 0 Å². The van der Waals surface area contributed by atoms with Gasteiger partial charge in [-0.1, -0.05) is 18.2 Å². The van der Waals surface area contributed by atoms with Crippen molar-refractivity contribution in [3.05, 3.63) is 34.7 Å². The fraction of sp³-hybridized carbons (Fsp3) is 0.250. The predicted octanol–water partition coefficient (Wildman–Crippen LogP) is 1.70. The fourth-order valence-corrected chi connectivity index (χ4v) is 2.98. The van der Waals surface area contributed by atoms with E-state index < -0.39 is 21.0 Å². The summed E-state index contributed by atoms with van der Waals surface area (Å²) in [5, 5.41) is 0. The lowest BCUT2D eigenvalue weighted by Crippen LogP contribution is -2.25. The van der Waals surface area contributed by atoms with Gasteiger partial charge in [0.1, 0.15) is 0 Å². The summed E-state index contributed by atoms with van der Waals surface area (Å²) in [5.41, 5.74) is 0.922. The van der Waals surface area contributed by atoms with E-state index in [0.717, 1.165) is 0 Å². The molecule has 0 aliphatic carbocycles. The Balaban J connectivity index is 2.64. The zero-order valence-electron chi connectivity index (χ0n) is 9.97. The second-order valence-corrected chi connectivity index (χ2v) is 5.19. The summed E-state index contributed by atoms with van der Waals surface area (Å²) in [6.45, 7) is 3.27. The molecule has 0 atom stereocenters. The molecule has 0 fully saturated rings. The van der Waals surface area contributed by atoms with Gasteiger partial charge in [-0.25, -0.2) is 4.79 Å². The molecule has 0 N–H and O–H groups in total. The molecule has 0 radical (unpaired) electrons. The highest BCUT2D eigenvalue weighted by Gasteiger charge is 2.36. The first-order valence-electron chi connectivity index (χ1n) is 5.39. The van der Waals surface area contributed by atoms with Crippen molar-refractivity contribution in [3.8, 4) is 5.75 Å². The summed E-state index contributed by atoms with van der Waals surface area (Å²) in [7, 11) is -4.10. The number of carbonyl (C=O) groups excluding carboxylic acids is 1. The van der Waals surface area contributed by atoms with Gasteiger partial charge in [-0.3, -0.25) is 0 Å². The van der Waals surface area contributed by atoms with Crippen LogP contribution in [0.4, 0.5) is 0 Å². The SMILES string of the molecule is CCOC(=O)C1=C(C)c2ccccc2OS1(=O)=O. The third-order valence-corrected chi connectivity index (χ3v) is 3.91. The molecule has 1 aromatic rings. The Morgan fingerprint density at radius 3 is 2.67 bits per heavy atom. The van der Waals surface area contributed by atoms with Gasteiger partial charge >= 0.3 is 16.1 Å². The van der Waals surface area contributed by atoms with Crippen LogP contribution in [0.5, 0.6) is 5.75 Å². The maximum absolute atomic E-state index is 11.9. The first-order valence-corrected chi connectivity index (χ1v) is 6.80. The zero-order valence-corrected chi connectivity index (χ0v) is 10.8. The lowest BCUT2D eigenvalue weighted by atomic mass is 10.1. The Morgan fingerprint density at radius 1 is 1.33 bits per heavy atom. The van der Waals surface area contributed by atoms with Gasteiger partial charge in [-0.2, -0.15) is 8.42 Å². The van der Waals surface area contributed by atoms with Crippen LogP contribution in [0.1, 0.15) is 19.4 Å². The molecule has 2 rings (SSSR count). The highest BCUT2D eigenvalue weighted by atomic mass is 32.2. The normalized spacial score (nSPS) is 16.8. The Kier molecular flexibility index (Phi) is 3.13. The Labute approximate surface area is 105 Å². The molecule has 1 heterocycles. The third kappa shape index (κ3) is 1.99. The molecule has 0 bridgehead atoms. The molecule has 0 unspecified atom stereocenters. The minimum atomic E-state index is -4.10. The van der Waals surface area contributed by atoms with Crippen molar-refractivity contribution in [1.29, 1.82) is 0 Å². The Morgan fingerprint density at radius 2 is 2.00 bits per heavy atom. The fourth-order valence-electron chi connectivity index (χ4n) is 1.77. The topological polar surface area (TPSA) is 69.7 Å². The van der Waals surface area contributed by atoms with Crippen molar-refractivity contribution in [2.24, 2.45) is 0 Å². The van der Waals surface area contributed by atoms with E-state index in [-0.39, 0.29) is 12.4 Å². The van der Waals surface area contributed by atoms with Gasteiger partial charge in [0.2, 0.25) is 0 Å². The van der Waals surface area contributed by atoms with Crippen LogP contribution in [-0.4, -0.2) is 21.0 Å². The summed E-state index contributed by atoms with van der Waals surface area (Å²) in [6.07, 6.45) is 0. The monoisotopic (exact) mass is 268 g/mol. The quantitative estimate of drug-likeness (QED) is 0.603. The highest BCUT2D eigenvalue weighted by Crippen LogP contribution is 2.36. The van der Waals surface area contributed by atoms with Gasteiger partial charge in [0.15, 0.2) is 10.7 Å². The summed E-state index contributed by atoms with van der Waals surface area (Å²) in [5.74, 6) is -0.660. The number of fused-ring (bicyclic) bond motifs is 1. The first-order chi connectivity index (χ1) is 8.47. The van der Waals surface area contributed by atoms with Gasteiger partial charge in [0.05, 0.1) is 6.61 Å². The average molecular weight is 268 g/mol. The number of hydrogen-bond donors (Lipinski definition) is 0. The molecule has 5 nitrogen and oxygen atoms in total. The molecule has 18 heavy (non-hydrogen) atoms. The smallest absolute Gasteiger partial charge is 0.353 e. The third-order valence-electron chi connectivity index (χ3n) is 2.54. The van der Waals surface area contributed by atoms with Crippen molar-refractivity contribution in [2.45, 2.75) is 13.8 Å². The average Bonchev–Trinajstić information content (AvgIpc) is 2.28. The lowest BCUT2D eigenvalue weighted by molar-refractivity contribution is -0.137. The molecule has 1 aromatic carbocycles. The van der Waals surface area contributed by atoms with E-state index in [4.69, 9.17) is 8.92 Å². The van der Waals surface area contributed by atoms with E-state index in [1.807, 2.05) is 0 Å². The number of rotatable bonds is 2. The molecular formula is C12H12O5S. The summed E-state index contributed by atoms with van der Waals surface area (Å²) in [6, 6.07) is 6.64. The second kappa shape index (κ2) is 4.45. The van der Waals surface area contributed by atoms with Gasteiger partial charge in [-0.15, -0.1) is 0 Å². The van der Waals surface area contributed by atoms with Gasteiger partial charge < -0.3 is 8.92 Å². The van der Waals surface area contributed by atoms with E-state index in [9.17, 15) is 13.2 Å². The van der Waals surface area contributed by atoms with Crippen LogP contribution in [0.3, 0.4) is 0 Å². The van der Waals surface area contributed by atoms with Crippen LogP contribution in [0.15, 0.2) is 29.2 Å². The maximum atomic E-state index is 11.9. The minimum Gasteiger partial charge on any atom is -0.462 e. The number of benzene rings is 1. The number of allylic oxidation sites excluding steroid dienone is 1. The molecule has 1 aliphatic heterocycles. The predicted molar refractivity (Wildman–Crippen MR) is 65.2 cm³/mol. The van der Waals surface area contributed by atoms with Crippen molar-refractivity contribution in [1.82, 2.24) is 0 Å². The molecule has 0 spiro atoms. The van der Waals surface area contributed by atoms with Gasteiger partial charge in [0.25, 0.3) is 0 Å². The van der Waals surface area contributed by atoms with Crippen molar-refractivity contribution < 1.29 is 22.1 Å². The van der Waals surface area contributed by atoms with Crippen LogP contribution in [0, 0.1) is 0 Å². The highest BCUT2D eigenvalue weighted by molar-refractivity contribution is 7.92. The standard InChI is InChI=1S/C12H12O5S/c1-3-16-12(13)11-8(2)9-6-4-5-7-10(9)17-18(11,14)15/h4-7H,3H2,1-2H3. The Bertz CT molecular complexity index is 628. The van der Waals surface area contributed by atoms with E-state index in [1.165, 1.54) is 6.07 Å². The lowest BCUT2D eigenvalue weighted by Gasteiger charge is -2.20. The van der Waals surface area contributed by atoms with Crippen LogP contribution >= 0.6 is 0 Å². The number of ether oxygens (including phenoxy) is 1. The zero-order chi connectivity index (χ0) is 13.3. The number of carbonyl (C=O) groups is 1. The molecule has 0 aromatic heterocycles. The van der Waals surface area contributed by atoms with Crippen LogP contribution < -0.4 is 4.18 Å².